The SMILES string of the molecule is Cc1ccsc1CN(C)C(=O)c1ccc(NS(=O)(=O)c2cccc([N+](=O)[O-])c2)cc1. The molecule has 0 radical (unpaired) electrons. The topological polar surface area (TPSA) is 110 Å². The van der Waals surface area contributed by atoms with Gasteiger partial charge < -0.3 is 4.90 Å². The highest BCUT2D eigenvalue weighted by atomic mass is 32.2. The van der Waals surface area contributed by atoms with Crippen LogP contribution in [0.25, 0.3) is 0 Å². The van der Waals surface area contributed by atoms with Gasteiger partial charge in [0.25, 0.3) is 21.6 Å². The number of thiophene rings is 1. The van der Waals surface area contributed by atoms with Crippen molar-refractivity contribution >= 4 is 38.6 Å². The van der Waals surface area contributed by atoms with E-state index in [0.717, 1.165) is 16.5 Å². The number of carbonyl (C=O) groups excluding carboxylic acids is 1. The number of benzene rings is 2. The highest BCUT2D eigenvalue weighted by Gasteiger charge is 2.19. The summed E-state index contributed by atoms with van der Waals surface area (Å²) < 4.78 is 27.4. The largest absolute Gasteiger partial charge is 0.337 e. The number of aryl methyl sites for hydroxylation is 1. The first kappa shape index (κ1) is 21.5. The highest BCUT2D eigenvalue weighted by Crippen LogP contribution is 2.22. The molecule has 0 aliphatic heterocycles. The van der Waals surface area contributed by atoms with Crippen molar-refractivity contribution in [2.24, 2.45) is 0 Å². The van der Waals surface area contributed by atoms with Gasteiger partial charge in [-0.05, 0) is 54.3 Å². The fourth-order valence-electron chi connectivity index (χ4n) is 2.73. The van der Waals surface area contributed by atoms with Gasteiger partial charge in [-0.3, -0.25) is 19.6 Å². The molecule has 0 bridgehead atoms. The van der Waals surface area contributed by atoms with Crippen LogP contribution in [0.3, 0.4) is 0 Å². The minimum atomic E-state index is -4.01. The Balaban J connectivity index is 1.72. The predicted octanol–water partition coefficient (Wildman–Crippen LogP) is 4.04. The van der Waals surface area contributed by atoms with Crippen molar-refractivity contribution in [3.05, 3.63) is 86.1 Å². The fraction of sp³-hybridized carbons (Fsp3) is 0.150. The second-order valence-electron chi connectivity index (χ2n) is 6.63. The number of carbonyl (C=O) groups is 1. The Kier molecular flexibility index (Phi) is 6.18. The number of non-ortho nitro benzene ring substituents is 1. The van der Waals surface area contributed by atoms with Gasteiger partial charge in [0.15, 0.2) is 0 Å². The van der Waals surface area contributed by atoms with E-state index >= 15 is 0 Å². The minimum absolute atomic E-state index is 0.184. The Morgan fingerprint density at radius 3 is 2.47 bits per heavy atom. The first-order chi connectivity index (χ1) is 14.2. The summed E-state index contributed by atoms with van der Waals surface area (Å²) in [4.78, 5) is 25.3. The molecule has 1 N–H and O–H groups in total. The molecule has 10 heteroatoms. The van der Waals surface area contributed by atoms with Gasteiger partial charge in [0.1, 0.15) is 0 Å². The molecule has 1 heterocycles. The van der Waals surface area contributed by atoms with Crippen LogP contribution >= 0.6 is 11.3 Å². The summed E-state index contributed by atoms with van der Waals surface area (Å²) in [6, 6.07) is 12.8. The van der Waals surface area contributed by atoms with Crippen molar-refractivity contribution in [1.82, 2.24) is 4.90 Å². The molecule has 3 aromatic rings. The Hall–Kier alpha value is -3.24. The zero-order valence-corrected chi connectivity index (χ0v) is 17.9. The fourth-order valence-corrected chi connectivity index (χ4v) is 4.79. The van der Waals surface area contributed by atoms with E-state index < -0.39 is 14.9 Å². The zero-order valence-electron chi connectivity index (χ0n) is 16.2. The van der Waals surface area contributed by atoms with Gasteiger partial charge in [-0.15, -0.1) is 11.3 Å². The van der Waals surface area contributed by atoms with Gasteiger partial charge in [0, 0.05) is 35.3 Å². The van der Waals surface area contributed by atoms with E-state index in [9.17, 15) is 23.3 Å². The van der Waals surface area contributed by atoms with E-state index in [0.29, 0.717) is 12.1 Å². The zero-order chi connectivity index (χ0) is 21.9. The second kappa shape index (κ2) is 8.64. The number of rotatable bonds is 7. The van der Waals surface area contributed by atoms with Crippen molar-refractivity contribution in [3.63, 3.8) is 0 Å². The number of sulfonamides is 1. The summed E-state index contributed by atoms with van der Waals surface area (Å²) in [5.41, 5.74) is 1.48. The standard InChI is InChI=1S/C20H19N3O5S2/c1-14-10-11-29-19(14)13-22(2)20(24)15-6-8-16(9-7-15)21-30(27,28)18-5-3-4-17(12-18)23(25)26/h3-12,21H,13H2,1-2H3. The van der Waals surface area contributed by atoms with Crippen LogP contribution in [-0.2, 0) is 16.6 Å². The molecule has 156 valence electrons. The van der Waals surface area contributed by atoms with Crippen LogP contribution in [0.2, 0.25) is 0 Å². The number of nitro benzene ring substituents is 1. The molecular weight excluding hydrogens is 426 g/mol. The molecule has 0 aliphatic rings. The second-order valence-corrected chi connectivity index (χ2v) is 9.31. The van der Waals surface area contributed by atoms with Crippen molar-refractivity contribution < 1.29 is 18.1 Å². The maximum atomic E-state index is 12.6. The highest BCUT2D eigenvalue weighted by molar-refractivity contribution is 7.92. The molecule has 30 heavy (non-hydrogen) atoms. The number of hydrogen-bond acceptors (Lipinski definition) is 6. The Morgan fingerprint density at radius 2 is 1.87 bits per heavy atom. The van der Waals surface area contributed by atoms with Crippen LogP contribution in [-0.4, -0.2) is 31.2 Å². The molecule has 0 spiro atoms. The molecule has 0 aliphatic carbocycles. The summed E-state index contributed by atoms with van der Waals surface area (Å²) in [5.74, 6) is -0.184. The first-order valence-corrected chi connectivity index (χ1v) is 11.2. The lowest BCUT2D eigenvalue weighted by atomic mass is 10.2. The van der Waals surface area contributed by atoms with Gasteiger partial charge >= 0.3 is 0 Å². The predicted molar refractivity (Wildman–Crippen MR) is 115 cm³/mol. The third-order valence-electron chi connectivity index (χ3n) is 4.42. The van der Waals surface area contributed by atoms with Gasteiger partial charge in [0.05, 0.1) is 16.4 Å². The van der Waals surface area contributed by atoms with Crippen LogP contribution in [0.4, 0.5) is 11.4 Å². The molecule has 0 atom stereocenters. The molecule has 3 rings (SSSR count). The van der Waals surface area contributed by atoms with Gasteiger partial charge in [-0.25, -0.2) is 8.42 Å². The maximum Gasteiger partial charge on any atom is 0.270 e. The van der Waals surface area contributed by atoms with Crippen molar-refractivity contribution in [3.8, 4) is 0 Å². The Labute approximate surface area is 178 Å². The van der Waals surface area contributed by atoms with E-state index in [1.165, 1.54) is 42.5 Å². The normalized spacial score (nSPS) is 11.1. The molecule has 0 saturated heterocycles. The Bertz CT molecular complexity index is 1190. The minimum Gasteiger partial charge on any atom is -0.337 e. The average Bonchev–Trinajstić information content (AvgIpc) is 3.12. The van der Waals surface area contributed by atoms with E-state index in [-0.39, 0.29) is 22.2 Å². The van der Waals surface area contributed by atoms with Crippen LogP contribution in [0.5, 0.6) is 0 Å². The van der Waals surface area contributed by atoms with E-state index in [1.54, 1.807) is 23.3 Å². The smallest absolute Gasteiger partial charge is 0.270 e. The summed E-state index contributed by atoms with van der Waals surface area (Å²) in [6.45, 7) is 2.48. The van der Waals surface area contributed by atoms with Crippen LogP contribution < -0.4 is 4.72 Å². The molecular formula is C20H19N3O5S2. The number of amides is 1. The number of nitrogens with one attached hydrogen (secondary N) is 1. The third kappa shape index (κ3) is 4.84. The number of nitro groups is 1. The van der Waals surface area contributed by atoms with Gasteiger partial charge in [0.2, 0.25) is 0 Å². The lowest BCUT2D eigenvalue weighted by Gasteiger charge is -2.17. The molecule has 1 amide bonds. The molecule has 2 aromatic carbocycles. The average molecular weight is 446 g/mol. The van der Waals surface area contributed by atoms with Crippen LogP contribution in [0.1, 0.15) is 20.8 Å². The van der Waals surface area contributed by atoms with E-state index in [4.69, 9.17) is 0 Å². The summed E-state index contributed by atoms with van der Waals surface area (Å²) in [6.07, 6.45) is 0. The summed E-state index contributed by atoms with van der Waals surface area (Å²) in [5, 5.41) is 12.8. The maximum absolute atomic E-state index is 12.6. The number of nitrogens with zero attached hydrogens (tertiary/aromatic N) is 2. The number of anilines is 1. The Morgan fingerprint density at radius 1 is 1.17 bits per heavy atom. The molecule has 1 aromatic heterocycles. The first-order valence-electron chi connectivity index (χ1n) is 8.83. The monoisotopic (exact) mass is 445 g/mol. The molecule has 0 unspecified atom stereocenters. The van der Waals surface area contributed by atoms with Crippen molar-refractivity contribution in [2.75, 3.05) is 11.8 Å². The van der Waals surface area contributed by atoms with Gasteiger partial charge in [-0.1, -0.05) is 6.07 Å². The van der Waals surface area contributed by atoms with E-state index in [2.05, 4.69) is 4.72 Å². The van der Waals surface area contributed by atoms with Crippen molar-refractivity contribution in [2.45, 2.75) is 18.4 Å². The molecule has 0 saturated carbocycles. The van der Waals surface area contributed by atoms with Crippen LogP contribution in [0.15, 0.2) is 64.9 Å². The third-order valence-corrected chi connectivity index (χ3v) is 6.81. The lowest BCUT2D eigenvalue weighted by Crippen LogP contribution is -2.26. The van der Waals surface area contributed by atoms with E-state index in [1.807, 2.05) is 18.4 Å². The lowest BCUT2D eigenvalue weighted by molar-refractivity contribution is -0.385. The molecule has 8 nitrogen and oxygen atoms in total. The number of hydrogen-bond donors (Lipinski definition) is 1. The molecule has 0 fully saturated rings. The summed E-state index contributed by atoms with van der Waals surface area (Å²) in [7, 11) is -2.30. The van der Waals surface area contributed by atoms with Crippen LogP contribution in [0, 0.1) is 17.0 Å². The summed E-state index contributed by atoms with van der Waals surface area (Å²) >= 11 is 1.59. The van der Waals surface area contributed by atoms with Gasteiger partial charge in [-0.2, -0.15) is 0 Å². The quantitative estimate of drug-likeness (QED) is 0.436. The van der Waals surface area contributed by atoms with Crippen molar-refractivity contribution in [1.29, 1.82) is 0 Å².